The lowest BCUT2D eigenvalue weighted by atomic mass is 10.1. The molecule has 0 N–H and O–H groups in total. The average molecular weight is 162 g/mol. The van der Waals surface area contributed by atoms with Crippen molar-refractivity contribution in [2.45, 2.75) is 13.0 Å². The summed E-state index contributed by atoms with van der Waals surface area (Å²) >= 11 is 0. The molecule has 0 aliphatic carbocycles. The van der Waals surface area contributed by atoms with E-state index < -0.39 is 0 Å². The molecule has 0 spiro atoms. The number of hydrogen-bond donors (Lipinski definition) is 0. The van der Waals surface area contributed by atoms with Crippen molar-refractivity contribution in [1.82, 2.24) is 4.90 Å². The molecule has 62 valence electrons. The number of dihydropyridines is 1. The molecule has 2 rings (SSSR count). The number of carbonyl (C=O) groups is 1. The van der Waals surface area contributed by atoms with Crippen LogP contribution in [0.2, 0.25) is 0 Å². The van der Waals surface area contributed by atoms with Gasteiger partial charge < -0.3 is 4.90 Å². The predicted molar refractivity (Wildman–Crippen MR) is 46.9 cm³/mol. The Labute approximate surface area is 71.1 Å². The van der Waals surface area contributed by atoms with E-state index in [-0.39, 0.29) is 11.9 Å². The normalized spacial score (nSPS) is 26.1. The number of allylic oxidation sites excluding steroid dienone is 1. The summed E-state index contributed by atoms with van der Waals surface area (Å²) in [6.45, 7) is 2.87. The van der Waals surface area contributed by atoms with Crippen LogP contribution in [0.5, 0.6) is 0 Å². The molecular weight excluding hydrogens is 152 g/mol. The van der Waals surface area contributed by atoms with Crippen LogP contribution >= 0.6 is 0 Å². The third-order valence-corrected chi connectivity index (χ3v) is 2.17. The van der Waals surface area contributed by atoms with Gasteiger partial charge in [-0.3, -0.25) is 4.79 Å². The van der Waals surface area contributed by atoms with Gasteiger partial charge in [0.05, 0.1) is 0 Å². The van der Waals surface area contributed by atoms with Gasteiger partial charge in [-0.25, -0.2) is 4.99 Å². The van der Waals surface area contributed by atoms with Gasteiger partial charge in [0.2, 0.25) is 0 Å². The van der Waals surface area contributed by atoms with Crippen LogP contribution in [-0.2, 0) is 4.79 Å². The van der Waals surface area contributed by atoms with Crippen LogP contribution in [0.25, 0.3) is 0 Å². The van der Waals surface area contributed by atoms with Gasteiger partial charge >= 0.3 is 0 Å². The fourth-order valence-corrected chi connectivity index (χ4v) is 1.54. The fraction of sp³-hybridized carbons (Fsp3) is 0.333. The van der Waals surface area contributed by atoms with E-state index in [4.69, 9.17) is 0 Å². The summed E-state index contributed by atoms with van der Waals surface area (Å²) in [4.78, 5) is 17.1. The van der Waals surface area contributed by atoms with Crippen LogP contribution in [0.3, 0.4) is 0 Å². The first-order valence-corrected chi connectivity index (χ1v) is 4.05. The Kier molecular flexibility index (Phi) is 1.57. The molecule has 0 saturated carbocycles. The Balaban J connectivity index is 2.33. The lowest BCUT2D eigenvalue weighted by molar-refractivity contribution is -0.120. The minimum atomic E-state index is -0.139. The molecule has 1 atom stereocenters. The molecule has 0 radical (unpaired) electrons. The topological polar surface area (TPSA) is 32.7 Å². The van der Waals surface area contributed by atoms with Crippen LogP contribution in [0.1, 0.15) is 6.92 Å². The highest BCUT2D eigenvalue weighted by Gasteiger charge is 2.30. The zero-order chi connectivity index (χ0) is 8.55. The molecule has 2 aliphatic heterocycles. The maximum absolute atomic E-state index is 11.3. The number of likely N-dealkylation sites (N-methyl/N-ethyl adjacent to an activating group) is 1. The molecule has 1 amide bonds. The van der Waals surface area contributed by atoms with Gasteiger partial charge in [0.1, 0.15) is 6.04 Å². The third-order valence-electron chi connectivity index (χ3n) is 2.17. The van der Waals surface area contributed by atoms with Gasteiger partial charge in [0.15, 0.2) is 0 Å². The Hall–Kier alpha value is -1.38. The molecular formula is C9H10N2O. The molecule has 0 fully saturated rings. The maximum Gasteiger partial charge on any atom is 0.272 e. The highest BCUT2D eigenvalue weighted by atomic mass is 16.1. The summed E-state index contributed by atoms with van der Waals surface area (Å²) in [6.07, 6.45) is 7.37. The summed E-state index contributed by atoms with van der Waals surface area (Å²) in [6, 6.07) is -0.139. The summed E-state index contributed by atoms with van der Waals surface area (Å²) in [5.74, 6) is -0.0562. The Morgan fingerprint density at radius 1 is 1.67 bits per heavy atom. The molecule has 2 heterocycles. The number of nitrogens with zero attached hydrogens (tertiary/aromatic N) is 2. The summed E-state index contributed by atoms with van der Waals surface area (Å²) in [5.41, 5.74) is 1.05. The average Bonchev–Trinajstić information content (AvgIpc) is 2.49. The third kappa shape index (κ3) is 0.897. The van der Waals surface area contributed by atoms with E-state index in [0.29, 0.717) is 0 Å². The fourth-order valence-electron chi connectivity index (χ4n) is 1.54. The van der Waals surface area contributed by atoms with Crippen molar-refractivity contribution in [3.05, 3.63) is 23.9 Å². The quantitative estimate of drug-likeness (QED) is 0.569. The Morgan fingerprint density at radius 3 is 3.25 bits per heavy atom. The van der Waals surface area contributed by atoms with Crippen molar-refractivity contribution in [2.24, 2.45) is 4.99 Å². The SMILES string of the molecule is CCN1C=CC2=CC=NC(=O)C21. The second kappa shape index (κ2) is 2.59. The second-order valence-corrected chi connectivity index (χ2v) is 2.83. The standard InChI is InChI=1S/C9H10N2O/c1-2-11-6-4-7-3-5-10-9(12)8(7)11/h3-6,8H,2H2,1H3. The Morgan fingerprint density at radius 2 is 2.50 bits per heavy atom. The lowest BCUT2D eigenvalue weighted by Crippen LogP contribution is -2.35. The van der Waals surface area contributed by atoms with E-state index in [9.17, 15) is 4.79 Å². The van der Waals surface area contributed by atoms with Crippen LogP contribution < -0.4 is 0 Å². The van der Waals surface area contributed by atoms with E-state index >= 15 is 0 Å². The van der Waals surface area contributed by atoms with E-state index in [1.54, 1.807) is 6.21 Å². The van der Waals surface area contributed by atoms with Gasteiger partial charge in [0.25, 0.3) is 5.91 Å². The van der Waals surface area contributed by atoms with Gasteiger partial charge in [-0.2, -0.15) is 0 Å². The summed E-state index contributed by atoms with van der Waals surface area (Å²) in [7, 11) is 0. The van der Waals surface area contributed by atoms with E-state index in [0.717, 1.165) is 12.1 Å². The molecule has 12 heavy (non-hydrogen) atoms. The molecule has 0 aromatic rings. The highest BCUT2D eigenvalue weighted by molar-refractivity contribution is 5.99. The number of carbonyl (C=O) groups excluding carboxylic acids is 1. The smallest absolute Gasteiger partial charge is 0.272 e. The largest absolute Gasteiger partial charge is 0.362 e. The maximum atomic E-state index is 11.3. The van der Waals surface area contributed by atoms with Gasteiger partial charge in [-0.15, -0.1) is 0 Å². The first-order valence-electron chi connectivity index (χ1n) is 4.05. The molecule has 3 nitrogen and oxygen atoms in total. The number of fused-ring (bicyclic) bond motifs is 1. The first-order chi connectivity index (χ1) is 5.83. The Bertz CT molecular complexity index is 302. The molecule has 0 saturated heterocycles. The van der Waals surface area contributed by atoms with Crippen LogP contribution in [0.4, 0.5) is 0 Å². The number of amides is 1. The van der Waals surface area contributed by atoms with Crippen LogP contribution in [0.15, 0.2) is 28.9 Å². The monoisotopic (exact) mass is 162 g/mol. The van der Waals surface area contributed by atoms with E-state index in [1.165, 1.54) is 0 Å². The van der Waals surface area contributed by atoms with Gasteiger partial charge in [0, 0.05) is 19.0 Å². The van der Waals surface area contributed by atoms with E-state index in [1.807, 2.05) is 30.2 Å². The highest BCUT2D eigenvalue weighted by Crippen LogP contribution is 2.22. The van der Waals surface area contributed by atoms with Crippen molar-refractivity contribution >= 4 is 12.1 Å². The number of aliphatic imine (C=N–C) groups is 1. The molecule has 0 aromatic heterocycles. The van der Waals surface area contributed by atoms with Crippen molar-refractivity contribution < 1.29 is 4.79 Å². The summed E-state index contributed by atoms with van der Waals surface area (Å²) in [5, 5.41) is 0. The van der Waals surface area contributed by atoms with Gasteiger partial charge in [-0.1, -0.05) is 0 Å². The van der Waals surface area contributed by atoms with Crippen molar-refractivity contribution in [3.63, 3.8) is 0 Å². The van der Waals surface area contributed by atoms with Gasteiger partial charge in [-0.05, 0) is 24.6 Å². The summed E-state index contributed by atoms with van der Waals surface area (Å²) < 4.78 is 0. The minimum Gasteiger partial charge on any atom is -0.362 e. The van der Waals surface area contributed by atoms with Crippen molar-refractivity contribution in [3.8, 4) is 0 Å². The van der Waals surface area contributed by atoms with Crippen LogP contribution in [-0.4, -0.2) is 29.6 Å². The molecule has 1 unspecified atom stereocenters. The van der Waals surface area contributed by atoms with E-state index in [2.05, 4.69) is 4.99 Å². The second-order valence-electron chi connectivity index (χ2n) is 2.83. The van der Waals surface area contributed by atoms with Crippen molar-refractivity contribution in [2.75, 3.05) is 6.54 Å². The predicted octanol–water partition coefficient (Wildman–Crippen LogP) is 0.742. The number of hydrogen-bond acceptors (Lipinski definition) is 2. The molecule has 2 aliphatic rings. The molecule has 0 aromatic carbocycles. The zero-order valence-corrected chi connectivity index (χ0v) is 6.90. The zero-order valence-electron chi connectivity index (χ0n) is 6.90. The molecule has 0 bridgehead atoms. The van der Waals surface area contributed by atoms with Crippen molar-refractivity contribution in [1.29, 1.82) is 0 Å². The molecule has 3 heteroatoms. The lowest BCUT2D eigenvalue weighted by Gasteiger charge is -2.23. The first kappa shape index (κ1) is 7.28. The van der Waals surface area contributed by atoms with Crippen LogP contribution in [0, 0.1) is 0 Å². The minimum absolute atomic E-state index is 0.0562. The number of rotatable bonds is 1.